The van der Waals surface area contributed by atoms with Gasteiger partial charge in [0, 0.05) is 17.5 Å². The summed E-state index contributed by atoms with van der Waals surface area (Å²) >= 11 is 1.03. The van der Waals surface area contributed by atoms with Crippen LogP contribution in [0.25, 0.3) is 0 Å². The van der Waals surface area contributed by atoms with Gasteiger partial charge in [0.2, 0.25) is 5.91 Å². The maximum absolute atomic E-state index is 12.3. The number of amides is 2. The topological polar surface area (TPSA) is 141 Å². The lowest BCUT2D eigenvalue weighted by Gasteiger charge is -2.28. The van der Waals surface area contributed by atoms with Gasteiger partial charge in [0.1, 0.15) is 12.3 Å². The Labute approximate surface area is 162 Å². The van der Waals surface area contributed by atoms with Crippen LogP contribution in [0.4, 0.5) is 16.5 Å². The molecule has 3 rings (SSSR count). The number of nitrogens with zero attached hydrogens (tertiary/aromatic N) is 3. The Bertz CT molecular complexity index is 958. The van der Waals surface area contributed by atoms with Gasteiger partial charge in [-0.3, -0.25) is 24.6 Å². The molecule has 0 saturated carbocycles. The fraction of sp³-hybridized carbons (Fsp3) is 0.250. The van der Waals surface area contributed by atoms with Crippen molar-refractivity contribution in [2.24, 2.45) is 0 Å². The number of thiazole rings is 1. The molecule has 0 saturated heterocycles. The van der Waals surface area contributed by atoms with Crippen molar-refractivity contribution in [3.63, 3.8) is 0 Å². The lowest BCUT2D eigenvalue weighted by Crippen LogP contribution is -2.43. The number of fused-ring (bicyclic) bond motifs is 1. The largest absolute Gasteiger partial charge is 0.482 e. The van der Waals surface area contributed by atoms with Crippen LogP contribution < -0.4 is 15.0 Å². The first-order valence-electron chi connectivity index (χ1n) is 8.03. The number of carbonyl (C=O) groups is 3. The number of hydrogen-bond acceptors (Lipinski definition) is 9. The lowest BCUT2D eigenvalue weighted by molar-refractivity contribution is -0.384. The number of esters is 1. The summed E-state index contributed by atoms with van der Waals surface area (Å²) in [7, 11) is 0. The molecule has 0 bridgehead atoms. The van der Waals surface area contributed by atoms with E-state index in [-0.39, 0.29) is 41.2 Å². The molecule has 1 aliphatic rings. The number of non-ortho nitro benzene ring substituents is 1. The smallest absolute Gasteiger partial charge is 0.357 e. The van der Waals surface area contributed by atoms with Crippen molar-refractivity contribution in [1.29, 1.82) is 0 Å². The summed E-state index contributed by atoms with van der Waals surface area (Å²) in [4.78, 5) is 51.5. The van der Waals surface area contributed by atoms with Crippen LogP contribution in [0.3, 0.4) is 0 Å². The van der Waals surface area contributed by atoms with E-state index in [1.165, 1.54) is 23.6 Å². The highest BCUT2D eigenvalue weighted by Gasteiger charge is 2.29. The number of ether oxygens (including phenoxy) is 2. The molecule has 146 valence electrons. The van der Waals surface area contributed by atoms with Crippen LogP contribution in [0.15, 0.2) is 23.6 Å². The van der Waals surface area contributed by atoms with Gasteiger partial charge in [-0.05, 0) is 13.0 Å². The van der Waals surface area contributed by atoms with Gasteiger partial charge in [0.05, 0.1) is 17.2 Å². The van der Waals surface area contributed by atoms with Crippen molar-refractivity contribution >= 4 is 45.6 Å². The van der Waals surface area contributed by atoms with E-state index in [0.29, 0.717) is 0 Å². The Kier molecular flexibility index (Phi) is 5.49. The highest BCUT2D eigenvalue weighted by molar-refractivity contribution is 7.14. The second-order valence-electron chi connectivity index (χ2n) is 5.48. The third-order valence-electron chi connectivity index (χ3n) is 3.63. The summed E-state index contributed by atoms with van der Waals surface area (Å²) in [6.07, 6.45) is 0. The summed E-state index contributed by atoms with van der Waals surface area (Å²) in [5, 5.41) is 15.1. The zero-order chi connectivity index (χ0) is 20.3. The van der Waals surface area contributed by atoms with E-state index in [2.05, 4.69) is 10.3 Å². The second kappa shape index (κ2) is 8.00. The van der Waals surface area contributed by atoms with E-state index < -0.39 is 29.3 Å². The fourth-order valence-corrected chi connectivity index (χ4v) is 3.11. The zero-order valence-corrected chi connectivity index (χ0v) is 15.4. The molecule has 0 unspecified atom stereocenters. The number of nitro benzene ring substituents is 1. The average molecular weight is 406 g/mol. The molecule has 0 atom stereocenters. The number of aromatic nitrogens is 1. The monoisotopic (exact) mass is 406 g/mol. The summed E-state index contributed by atoms with van der Waals surface area (Å²) in [6.45, 7) is 1.17. The van der Waals surface area contributed by atoms with Gasteiger partial charge in [0.15, 0.2) is 17.4 Å². The molecular weight excluding hydrogens is 392 g/mol. The van der Waals surface area contributed by atoms with Gasteiger partial charge in [0.25, 0.3) is 11.6 Å². The van der Waals surface area contributed by atoms with E-state index in [9.17, 15) is 24.5 Å². The molecule has 1 aromatic carbocycles. The number of anilines is 2. The van der Waals surface area contributed by atoms with Crippen LogP contribution >= 0.6 is 11.3 Å². The Morgan fingerprint density at radius 1 is 1.46 bits per heavy atom. The molecule has 0 spiro atoms. The molecule has 28 heavy (non-hydrogen) atoms. The van der Waals surface area contributed by atoms with Crippen LogP contribution in [0, 0.1) is 10.1 Å². The van der Waals surface area contributed by atoms with Gasteiger partial charge in [-0.2, -0.15) is 0 Å². The van der Waals surface area contributed by atoms with Crippen LogP contribution in [-0.2, 0) is 14.3 Å². The molecule has 2 aromatic rings. The fourth-order valence-electron chi connectivity index (χ4n) is 2.41. The number of carbonyl (C=O) groups excluding carboxylic acids is 3. The van der Waals surface area contributed by atoms with E-state index in [0.717, 1.165) is 16.2 Å². The highest BCUT2D eigenvalue weighted by atomic mass is 32.1. The van der Waals surface area contributed by atoms with Crippen molar-refractivity contribution in [2.75, 3.05) is 30.0 Å². The van der Waals surface area contributed by atoms with Gasteiger partial charge in [-0.1, -0.05) is 0 Å². The molecule has 12 heteroatoms. The molecule has 1 aromatic heterocycles. The van der Waals surface area contributed by atoms with Crippen LogP contribution in [-0.4, -0.2) is 47.4 Å². The standard InChI is InChI=1S/C16H14N4O7S/c1-2-26-15(23)10-8-28-16(17-10)18-13(21)6-19-11-5-9(20(24)25)3-4-12(11)27-7-14(19)22/h3-5,8H,2,6-7H2,1H3,(H,17,18,21). The molecule has 0 aliphatic carbocycles. The Morgan fingerprint density at radius 3 is 2.96 bits per heavy atom. The molecule has 0 radical (unpaired) electrons. The van der Waals surface area contributed by atoms with E-state index >= 15 is 0 Å². The average Bonchev–Trinajstić information content (AvgIpc) is 3.12. The van der Waals surface area contributed by atoms with Crippen LogP contribution in [0.1, 0.15) is 17.4 Å². The molecule has 1 aliphatic heterocycles. The Hall–Kier alpha value is -3.54. The molecule has 2 amide bonds. The molecular formula is C16H14N4O7S. The van der Waals surface area contributed by atoms with Crippen molar-refractivity contribution < 1.29 is 28.8 Å². The maximum Gasteiger partial charge on any atom is 0.357 e. The number of nitrogens with one attached hydrogen (secondary N) is 1. The first kappa shape index (κ1) is 19.2. The van der Waals surface area contributed by atoms with Crippen molar-refractivity contribution in [3.05, 3.63) is 39.4 Å². The number of hydrogen-bond donors (Lipinski definition) is 1. The van der Waals surface area contributed by atoms with Crippen molar-refractivity contribution in [3.8, 4) is 5.75 Å². The molecule has 0 fully saturated rings. The Morgan fingerprint density at radius 2 is 2.25 bits per heavy atom. The van der Waals surface area contributed by atoms with Gasteiger partial charge >= 0.3 is 5.97 Å². The highest BCUT2D eigenvalue weighted by Crippen LogP contribution is 2.35. The van der Waals surface area contributed by atoms with Gasteiger partial charge in [-0.15, -0.1) is 11.3 Å². The minimum Gasteiger partial charge on any atom is -0.482 e. The number of rotatable bonds is 6. The predicted octanol–water partition coefficient (Wildman–Crippen LogP) is 1.59. The molecule has 2 heterocycles. The maximum atomic E-state index is 12.3. The summed E-state index contributed by atoms with van der Waals surface area (Å²) in [6, 6.07) is 3.79. The minimum atomic E-state index is -0.608. The van der Waals surface area contributed by atoms with Gasteiger partial charge < -0.3 is 14.8 Å². The predicted molar refractivity (Wildman–Crippen MR) is 97.6 cm³/mol. The lowest BCUT2D eigenvalue weighted by atomic mass is 10.2. The van der Waals surface area contributed by atoms with Crippen LogP contribution in [0.2, 0.25) is 0 Å². The second-order valence-corrected chi connectivity index (χ2v) is 6.34. The minimum absolute atomic E-state index is 0.0607. The third-order valence-corrected chi connectivity index (χ3v) is 4.39. The summed E-state index contributed by atoms with van der Waals surface area (Å²) in [5.74, 6) is -1.45. The first-order chi connectivity index (χ1) is 13.4. The molecule has 11 nitrogen and oxygen atoms in total. The van der Waals surface area contributed by atoms with Crippen molar-refractivity contribution in [2.45, 2.75) is 6.92 Å². The summed E-state index contributed by atoms with van der Waals surface area (Å²) in [5.41, 5.74) is -0.0426. The first-order valence-corrected chi connectivity index (χ1v) is 8.91. The van der Waals surface area contributed by atoms with E-state index in [1.807, 2.05) is 0 Å². The number of nitro groups is 1. The van der Waals surface area contributed by atoms with E-state index in [1.54, 1.807) is 6.92 Å². The Balaban J connectivity index is 1.74. The van der Waals surface area contributed by atoms with Gasteiger partial charge in [-0.25, -0.2) is 9.78 Å². The molecule has 1 N–H and O–H groups in total. The zero-order valence-electron chi connectivity index (χ0n) is 14.5. The third kappa shape index (κ3) is 4.06. The van der Waals surface area contributed by atoms with Crippen molar-refractivity contribution in [1.82, 2.24) is 4.98 Å². The number of benzene rings is 1. The quantitative estimate of drug-likeness (QED) is 0.433. The summed E-state index contributed by atoms with van der Waals surface area (Å²) < 4.78 is 10.1. The normalized spacial score (nSPS) is 12.8. The van der Waals surface area contributed by atoms with Crippen LogP contribution in [0.5, 0.6) is 5.75 Å². The van der Waals surface area contributed by atoms with E-state index in [4.69, 9.17) is 9.47 Å². The SMILES string of the molecule is CCOC(=O)c1csc(NC(=O)CN2C(=O)COc3ccc([N+](=O)[O-])cc32)n1.